The summed E-state index contributed by atoms with van der Waals surface area (Å²) in [5, 5.41) is -0.167. The van der Waals surface area contributed by atoms with Gasteiger partial charge in [-0.2, -0.15) is 0 Å². The number of thioether (sulfide) groups is 1. The molecule has 0 saturated carbocycles. The smallest absolute Gasteiger partial charge is 0.367 e. The highest BCUT2D eigenvalue weighted by Gasteiger charge is 2.15. The Kier molecular flexibility index (Phi) is 4.57. The van der Waals surface area contributed by atoms with Crippen LogP contribution in [-0.2, 0) is 4.74 Å². The molecule has 0 spiro atoms. The first kappa shape index (κ1) is 10.8. The van der Waals surface area contributed by atoms with Crippen molar-refractivity contribution in [2.45, 2.75) is 39.7 Å². The predicted octanol–water partition coefficient (Wildman–Crippen LogP) is 3.06. The van der Waals surface area contributed by atoms with Crippen LogP contribution in [0.1, 0.15) is 34.1 Å². The Labute approximate surface area is 72.7 Å². The molecule has 0 amide bonds. The summed E-state index contributed by atoms with van der Waals surface area (Å²) < 4.78 is 5.06. The molecule has 0 fully saturated rings. The average Bonchev–Trinajstić information content (AvgIpc) is 1.79. The third kappa shape index (κ3) is 7.72. The van der Waals surface area contributed by atoms with Crippen LogP contribution in [-0.4, -0.2) is 16.7 Å². The lowest BCUT2D eigenvalue weighted by Gasteiger charge is -2.18. The lowest BCUT2D eigenvalue weighted by molar-refractivity contribution is 0.0738. The molecule has 0 heterocycles. The molecule has 2 nitrogen and oxygen atoms in total. The van der Waals surface area contributed by atoms with Crippen molar-refractivity contribution >= 4 is 17.1 Å². The Morgan fingerprint density at radius 1 is 1.45 bits per heavy atom. The van der Waals surface area contributed by atoms with Crippen LogP contribution in [0.25, 0.3) is 0 Å². The zero-order valence-corrected chi connectivity index (χ0v) is 8.46. The molecule has 0 aromatic heterocycles. The molecular formula is C8H16O2S. The predicted molar refractivity (Wildman–Crippen MR) is 49.0 cm³/mol. The van der Waals surface area contributed by atoms with Crippen LogP contribution in [0.15, 0.2) is 0 Å². The summed E-state index contributed by atoms with van der Waals surface area (Å²) in [6.07, 6.45) is 1.00. The van der Waals surface area contributed by atoms with Gasteiger partial charge in [0.25, 0.3) is 0 Å². The molecule has 0 saturated heterocycles. The summed E-state index contributed by atoms with van der Waals surface area (Å²) in [5.74, 6) is 0.842. The molecule has 0 atom stereocenters. The molecule has 0 unspecified atom stereocenters. The van der Waals surface area contributed by atoms with E-state index in [2.05, 4.69) is 0 Å². The highest BCUT2D eigenvalue weighted by Crippen LogP contribution is 2.14. The summed E-state index contributed by atoms with van der Waals surface area (Å²) in [7, 11) is 0. The standard InChI is InChI=1S/C8H16O2S/c1-5-6-11-7(9)10-8(2,3)4/h5-6H2,1-4H3. The molecule has 3 heteroatoms. The number of hydrogen-bond donors (Lipinski definition) is 0. The van der Waals surface area contributed by atoms with Gasteiger partial charge in [-0.05, 0) is 39.0 Å². The van der Waals surface area contributed by atoms with Gasteiger partial charge in [-0.1, -0.05) is 6.92 Å². The topological polar surface area (TPSA) is 26.3 Å². The van der Waals surface area contributed by atoms with Gasteiger partial charge in [-0.25, -0.2) is 4.79 Å². The van der Waals surface area contributed by atoms with Crippen molar-refractivity contribution in [3.63, 3.8) is 0 Å². The van der Waals surface area contributed by atoms with Crippen molar-refractivity contribution in [1.82, 2.24) is 0 Å². The van der Waals surface area contributed by atoms with Gasteiger partial charge in [0.05, 0.1) is 0 Å². The highest BCUT2D eigenvalue weighted by atomic mass is 32.2. The van der Waals surface area contributed by atoms with Gasteiger partial charge in [-0.3, -0.25) is 0 Å². The molecule has 0 aromatic carbocycles. The Bertz CT molecular complexity index is 127. The van der Waals surface area contributed by atoms with Gasteiger partial charge in [0.1, 0.15) is 5.60 Å². The maximum Gasteiger partial charge on any atom is 0.367 e. The average molecular weight is 176 g/mol. The minimum absolute atomic E-state index is 0.167. The van der Waals surface area contributed by atoms with Crippen LogP contribution >= 0.6 is 11.8 Å². The van der Waals surface area contributed by atoms with Gasteiger partial charge in [0.15, 0.2) is 0 Å². The molecule has 0 aliphatic heterocycles. The van der Waals surface area contributed by atoms with Crippen molar-refractivity contribution in [2.75, 3.05) is 5.75 Å². The van der Waals surface area contributed by atoms with Crippen molar-refractivity contribution in [3.8, 4) is 0 Å². The normalized spacial score (nSPS) is 11.3. The minimum Gasteiger partial charge on any atom is -0.452 e. The van der Waals surface area contributed by atoms with Gasteiger partial charge in [0, 0.05) is 5.75 Å². The number of hydrogen-bond acceptors (Lipinski definition) is 3. The molecule has 0 bridgehead atoms. The second-order valence-electron chi connectivity index (χ2n) is 3.31. The Balaban J connectivity index is 3.53. The second kappa shape index (κ2) is 4.65. The van der Waals surface area contributed by atoms with E-state index < -0.39 is 0 Å². The molecule has 0 aromatic rings. The summed E-state index contributed by atoms with van der Waals surface area (Å²) in [4.78, 5) is 11.0. The first-order chi connectivity index (χ1) is 4.95. The van der Waals surface area contributed by atoms with Crippen LogP contribution in [0.3, 0.4) is 0 Å². The van der Waals surface area contributed by atoms with E-state index in [9.17, 15) is 4.79 Å². The van der Waals surface area contributed by atoms with Crippen molar-refractivity contribution in [1.29, 1.82) is 0 Å². The van der Waals surface area contributed by atoms with Crippen LogP contribution in [0.4, 0.5) is 4.79 Å². The van der Waals surface area contributed by atoms with Gasteiger partial charge in [0.2, 0.25) is 0 Å². The largest absolute Gasteiger partial charge is 0.452 e. The Morgan fingerprint density at radius 3 is 2.36 bits per heavy atom. The van der Waals surface area contributed by atoms with E-state index in [0.717, 1.165) is 12.2 Å². The van der Waals surface area contributed by atoms with Crippen LogP contribution in [0.2, 0.25) is 0 Å². The fourth-order valence-electron chi connectivity index (χ4n) is 0.465. The van der Waals surface area contributed by atoms with Crippen molar-refractivity contribution in [3.05, 3.63) is 0 Å². The third-order valence-corrected chi connectivity index (χ3v) is 1.74. The number of carbonyl (C=O) groups is 1. The molecule has 0 rings (SSSR count). The number of carbonyl (C=O) groups excluding carboxylic acids is 1. The van der Waals surface area contributed by atoms with Gasteiger partial charge < -0.3 is 4.74 Å². The van der Waals surface area contributed by atoms with E-state index in [0.29, 0.717) is 0 Å². The van der Waals surface area contributed by atoms with Gasteiger partial charge in [-0.15, -0.1) is 0 Å². The van der Waals surface area contributed by atoms with Gasteiger partial charge >= 0.3 is 5.30 Å². The highest BCUT2D eigenvalue weighted by molar-refractivity contribution is 8.13. The molecular weight excluding hydrogens is 160 g/mol. The summed E-state index contributed by atoms with van der Waals surface area (Å²) in [6.45, 7) is 7.66. The first-order valence-electron chi connectivity index (χ1n) is 3.81. The molecule has 0 radical (unpaired) electrons. The maximum absolute atomic E-state index is 11.0. The van der Waals surface area contributed by atoms with E-state index in [-0.39, 0.29) is 10.9 Å². The van der Waals surface area contributed by atoms with E-state index >= 15 is 0 Å². The number of rotatable bonds is 2. The number of ether oxygens (including phenoxy) is 1. The maximum atomic E-state index is 11.0. The van der Waals surface area contributed by atoms with E-state index in [1.165, 1.54) is 11.8 Å². The quantitative estimate of drug-likeness (QED) is 0.605. The fourth-order valence-corrected chi connectivity index (χ4v) is 1.14. The van der Waals surface area contributed by atoms with E-state index in [4.69, 9.17) is 4.74 Å². The van der Waals surface area contributed by atoms with Crippen molar-refractivity contribution in [2.24, 2.45) is 0 Å². The molecule has 66 valence electrons. The SMILES string of the molecule is CCCSC(=O)OC(C)(C)C. The summed E-state index contributed by atoms with van der Waals surface area (Å²) >= 11 is 1.24. The molecule has 0 aliphatic carbocycles. The van der Waals surface area contributed by atoms with Crippen LogP contribution in [0, 0.1) is 0 Å². The third-order valence-electron chi connectivity index (χ3n) is 0.814. The minimum atomic E-state index is -0.349. The second-order valence-corrected chi connectivity index (χ2v) is 4.34. The molecule has 0 N–H and O–H groups in total. The van der Waals surface area contributed by atoms with Crippen molar-refractivity contribution < 1.29 is 9.53 Å². The lowest BCUT2D eigenvalue weighted by Crippen LogP contribution is -2.21. The monoisotopic (exact) mass is 176 g/mol. The fraction of sp³-hybridized carbons (Fsp3) is 0.875. The Hall–Kier alpha value is -0.180. The zero-order chi connectivity index (χ0) is 8.91. The van der Waals surface area contributed by atoms with E-state index in [1.54, 1.807) is 0 Å². The summed E-state index contributed by atoms with van der Waals surface area (Å²) in [6, 6.07) is 0. The van der Waals surface area contributed by atoms with Crippen LogP contribution in [0.5, 0.6) is 0 Å². The molecule has 11 heavy (non-hydrogen) atoms. The van der Waals surface area contributed by atoms with E-state index in [1.807, 2.05) is 27.7 Å². The first-order valence-corrected chi connectivity index (χ1v) is 4.80. The summed E-state index contributed by atoms with van der Waals surface area (Å²) in [5.41, 5.74) is -0.349. The zero-order valence-electron chi connectivity index (χ0n) is 7.64. The molecule has 0 aliphatic rings. The Morgan fingerprint density at radius 2 is 2.00 bits per heavy atom. The lowest BCUT2D eigenvalue weighted by atomic mass is 10.2. The van der Waals surface area contributed by atoms with Crippen LogP contribution < -0.4 is 0 Å².